The molecule has 106 valence electrons. The summed E-state index contributed by atoms with van der Waals surface area (Å²) in [5.74, 6) is 0.985. The quantitative estimate of drug-likeness (QED) is 0.646. The lowest BCUT2D eigenvalue weighted by molar-refractivity contribution is 0.416. The fourth-order valence-electron chi connectivity index (χ4n) is 2.71. The van der Waals surface area contributed by atoms with Crippen LogP contribution in [0.15, 0.2) is 12.1 Å². The van der Waals surface area contributed by atoms with Crippen LogP contribution >= 0.6 is 0 Å². The van der Waals surface area contributed by atoms with E-state index < -0.39 is 0 Å². The van der Waals surface area contributed by atoms with Gasteiger partial charge in [-0.1, -0.05) is 19.8 Å². The number of nitrogens with one attached hydrogen (secondary N) is 1. The zero-order valence-electron chi connectivity index (χ0n) is 11.7. The number of benzene rings is 1. The highest BCUT2D eigenvalue weighted by molar-refractivity contribution is 5.62. The third kappa shape index (κ3) is 3.52. The topological polar surface area (TPSA) is 47.3 Å². The van der Waals surface area contributed by atoms with E-state index >= 15 is 0 Å². The zero-order valence-corrected chi connectivity index (χ0v) is 11.7. The maximum absolute atomic E-state index is 13.9. The fraction of sp³-hybridized carbons (Fsp3) is 0.600. The van der Waals surface area contributed by atoms with E-state index in [4.69, 9.17) is 10.5 Å². The van der Waals surface area contributed by atoms with Crippen molar-refractivity contribution in [3.63, 3.8) is 0 Å². The van der Waals surface area contributed by atoms with Crippen molar-refractivity contribution in [1.29, 1.82) is 0 Å². The minimum absolute atomic E-state index is 0.310. The van der Waals surface area contributed by atoms with Gasteiger partial charge in [0, 0.05) is 18.2 Å². The molecule has 0 radical (unpaired) electrons. The number of rotatable bonds is 3. The van der Waals surface area contributed by atoms with Gasteiger partial charge in [0.15, 0.2) is 0 Å². The number of nitrogen functional groups attached to an aromatic ring is 1. The molecule has 2 rings (SSSR count). The van der Waals surface area contributed by atoms with Crippen LogP contribution in [0.5, 0.6) is 5.75 Å². The summed E-state index contributed by atoms with van der Waals surface area (Å²) in [7, 11) is 1.54. The Morgan fingerprint density at radius 3 is 2.79 bits per heavy atom. The van der Waals surface area contributed by atoms with Crippen molar-refractivity contribution in [2.75, 3.05) is 18.2 Å². The first-order valence-corrected chi connectivity index (χ1v) is 6.99. The van der Waals surface area contributed by atoms with Crippen molar-refractivity contribution in [3.05, 3.63) is 17.9 Å². The van der Waals surface area contributed by atoms with Crippen LogP contribution in [0.2, 0.25) is 0 Å². The van der Waals surface area contributed by atoms with Crippen molar-refractivity contribution in [2.45, 2.75) is 45.1 Å². The van der Waals surface area contributed by atoms with Gasteiger partial charge in [-0.15, -0.1) is 0 Å². The Labute approximate surface area is 114 Å². The molecule has 0 bridgehead atoms. The van der Waals surface area contributed by atoms with E-state index in [2.05, 4.69) is 12.2 Å². The van der Waals surface area contributed by atoms with Crippen molar-refractivity contribution in [3.8, 4) is 5.75 Å². The smallest absolute Gasteiger partial charge is 0.148 e. The van der Waals surface area contributed by atoms with Crippen molar-refractivity contribution in [1.82, 2.24) is 0 Å². The van der Waals surface area contributed by atoms with Crippen LogP contribution < -0.4 is 15.8 Å². The maximum atomic E-state index is 13.9. The van der Waals surface area contributed by atoms with Crippen molar-refractivity contribution >= 4 is 11.4 Å². The second kappa shape index (κ2) is 6.13. The summed E-state index contributed by atoms with van der Waals surface area (Å²) in [6.07, 6.45) is 5.85. The van der Waals surface area contributed by atoms with Crippen molar-refractivity contribution in [2.24, 2.45) is 5.92 Å². The minimum Gasteiger partial charge on any atom is -0.495 e. The number of hydrogen-bond donors (Lipinski definition) is 2. The van der Waals surface area contributed by atoms with Crippen LogP contribution in [0.25, 0.3) is 0 Å². The van der Waals surface area contributed by atoms with Crippen LogP contribution in [0, 0.1) is 11.7 Å². The van der Waals surface area contributed by atoms with Crippen LogP contribution in [-0.4, -0.2) is 13.2 Å². The molecule has 19 heavy (non-hydrogen) atoms. The molecule has 1 saturated carbocycles. The highest BCUT2D eigenvalue weighted by Crippen LogP contribution is 2.31. The molecule has 0 saturated heterocycles. The van der Waals surface area contributed by atoms with Gasteiger partial charge < -0.3 is 15.8 Å². The van der Waals surface area contributed by atoms with Gasteiger partial charge in [-0.25, -0.2) is 4.39 Å². The van der Waals surface area contributed by atoms with E-state index in [0.29, 0.717) is 23.2 Å². The van der Waals surface area contributed by atoms with Crippen LogP contribution in [0.1, 0.15) is 39.0 Å². The van der Waals surface area contributed by atoms with Crippen LogP contribution in [0.3, 0.4) is 0 Å². The number of halogens is 1. The molecule has 4 heteroatoms. The van der Waals surface area contributed by atoms with E-state index in [1.807, 2.05) is 0 Å². The zero-order chi connectivity index (χ0) is 13.8. The van der Waals surface area contributed by atoms with Gasteiger partial charge >= 0.3 is 0 Å². The predicted molar refractivity (Wildman–Crippen MR) is 77.0 cm³/mol. The van der Waals surface area contributed by atoms with E-state index in [1.54, 1.807) is 13.2 Å². The van der Waals surface area contributed by atoms with Gasteiger partial charge in [-0.3, -0.25) is 0 Å². The highest BCUT2D eigenvalue weighted by atomic mass is 19.1. The maximum Gasteiger partial charge on any atom is 0.148 e. The molecule has 0 aromatic heterocycles. The summed E-state index contributed by atoms with van der Waals surface area (Å²) in [6.45, 7) is 2.29. The molecule has 0 spiro atoms. The molecular formula is C15H23FN2O. The first kappa shape index (κ1) is 14.0. The molecule has 0 aliphatic heterocycles. The molecule has 3 nitrogen and oxygen atoms in total. The summed E-state index contributed by atoms with van der Waals surface area (Å²) in [5, 5.41) is 3.30. The number of ether oxygens (including phenoxy) is 1. The summed E-state index contributed by atoms with van der Waals surface area (Å²) in [4.78, 5) is 0. The van der Waals surface area contributed by atoms with E-state index in [9.17, 15) is 4.39 Å². The molecule has 1 aromatic rings. The molecule has 2 atom stereocenters. The SMILES string of the molecule is COc1cc(NC2CCCC(C)CC2)c(F)cc1N. The Kier molecular flexibility index (Phi) is 4.51. The van der Waals surface area contributed by atoms with Gasteiger partial charge in [-0.2, -0.15) is 0 Å². The number of anilines is 2. The third-order valence-electron chi connectivity index (χ3n) is 3.94. The summed E-state index contributed by atoms with van der Waals surface area (Å²) >= 11 is 0. The Balaban J connectivity index is 2.09. The Morgan fingerprint density at radius 1 is 1.26 bits per heavy atom. The minimum atomic E-state index is -0.310. The molecule has 2 unspecified atom stereocenters. The number of methoxy groups -OCH3 is 1. The third-order valence-corrected chi connectivity index (χ3v) is 3.94. The summed E-state index contributed by atoms with van der Waals surface area (Å²) < 4.78 is 19.0. The first-order chi connectivity index (χ1) is 9.10. The molecular weight excluding hydrogens is 243 g/mol. The first-order valence-electron chi connectivity index (χ1n) is 6.99. The molecule has 1 aliphatic carbocycles. The van der Waals surface area contributed by atoms with Gasteiger partial charge in [0.05, 0.1) is 18.5 Å². The monoisotopic (exact) mass is 266 g/mol. The molecule has 1 aliphatic rings. The van der Waals surface area contributed by atoms with Gasteiger partial charge in [0.25, 0.3) is 0 Å². The second-order valence-corrected chi connectivity index (χ2v) is 5.53. The summed E-state index contributed by atoms with van der Waals surface area (Å²) in [6, 6.07) is 3.31. The van der Waals surface area contributed by atoms with Gasteiger partial charge in [-0.05, 0) is 25.2 Å². The number of nitrogens with two attached hydrogens (primary N) is 1. The number of hydrogen-bond acceptors (Lipinski definition) is 3. The molecule has 1 aromatic carbocycles. The summed E-state index contributed by atoms with van der Waals surface area (Å²) in [5.41, 5.74) is 6.51. The Morgan fingerprint density at radius 2 is 2.05 bits per heavy atom. The fourth-order valence-corrected chi connectivity index (χ4v) is 2.71. The van der Waals surface area contributed by atoms with Gasteiger partial charge in [0.1, 0.15) is 11.6 Å². The van der Waals surface area contributed by atoms with Gasteiger partial charge in [0.2, 0.25) is 0 Å². The normalized spacial score (nSPS) is 23.7. The van der Waals surface area contributed by atoms with E-state index in [1.165, 1.54) is 25.3 Å². The molecule has 0 heterocycles. The second-order valence-electron chi connectivity index (χ2n) is 5.53. The average Bonchev–Trinajstić information content (AvgIpc) is 2.58. The lowest BCUT2D eigenvalue weighted by Crippen LogP contribution is -2.19. The van der Waals surface area contributed by atoms with Crippen LogP contribution in [-0.2, 0) is 0 Å². The largest absolute Gasteiger partial charge is 0.495 e. The lowest BCUT2D eigenvalue weighted by atomic mass is 10.0. The Bertz CT molecular complexity index is 436. The lowest BCUT2D eigenvalue weighted by Gasteiger charge is -2.19. The van der Waals surface area contributed by atoms with Crippen molar-refractivity contribution < 1.29 is 9.13 Å². The van der Waals surface area contributed by atoms with E-state index in [-0.39, 0.29) is 5.82 Å². The standard InChI is InChI=1S/C15H23FN2O/c1-10-4-3-5-11(7-6-10)18-14-9-15(19-2)13(17)8-12(14)16/h8-11,18H,3-7,17H2,1-2H3. The average molecular weight is 266 g/mol. The van der Waals surface area contributed by atoms with Crippen LogP contribution in [0.4, 0.5) is 15.8 Å². The Hall–Kier alpha value is -1.45. The predicted octanol–water partition coefficient (Wildman–Crippen LogP) is 3.80. The van der Waals surface area contributed by atoms with E-state index in [0.717, 1.165) is 18.8 Å². The molecule has 0 amide bonds. The molecule has 1 fully saturated rings. The molecule has 3 N–H and O–H groups in total. The highest BCUT2D eigenvalue weighted by Gasteiger charge is 2.18.